The van der Waals surface area contributed by atoms with Crippen LogP contribution in [-0.2, 0) is 9.59 Å². The predicted molar refractivity (Wildman–Crippen MR) is 100 cm³/mol. The molecule has 0 aromatic heterocycles. The first-order chi connectivity index (χ1) is 12.5. The second-order valence-corrected chi connectivity index (χ2v) is 6.33. The zero-order valence-corrected chi connectivity index (χ0v) is 15.3. The van der Waals surface area contributed by atoms with Crippen LogP contribution in [0.2, 0.25) is 5.02 Å². The van der Waals surface area contributed by atoms with Crippen molar-refractivity contribution in [2.75, 3.05) is 23.6 Å². The van der Waals surface area contributed by atoms with Crippen LogP contribution in [0.3, 0.4) is 0 Å². The third kappa shape index (κ3) is 3.91. The Morgan fingerprint density at radius 2 is 1.96 bits per heavy atom. The van der Waals surface area contributed by atoms with Crippen molar-refractivity contribution in [2.45, 2.75) is 20.3 Å². The van der Waals surface area contributed by atoms with Crippen LogP contribution in [0.4, 0.5) is 11.4 Å². The van der Waals surface area contributed by atoms with Gasteiger partial charge in [0.1, 0.15) is 0 Å². The van der Waals surface area contributed by atoms with Crippen molar-refractivity contribution in [1.29, 1.82) is 0 Å². The summed E-state index contributed by atoms with van der Waals surface area (Å²) in [5, 5.41) is 3.42. The first-order valence-electron chi connectivity index (χ1n) is 8.18. The molecule has 3 rings (SSSR count). The van der Waals surface area contributed by atoms with Gasteiger partial charge in [0.25, 0.3) is 0 Å². The molecule has 1 aliphatic rings. The summed E-state index contributed by atoms with van der Waals surface area (Å²) in [5.41, 5.74) is 2.13. The van der Waals surface area contributed by atoms with Gasteiger partial charge in [0.15, 0.2) is 11.5 Å². The molecule has 0 saturated heterocycles. The standard InChI is InChI=1S/C19H19ClN2O4/c1-12-15(20)4-3-5-16(12)21-19(24)8-9-22(13(2)23)14-6-7-17-18(10-14)26-11-25-17/h3-7,10H,8-9,11H2,1-2H3,(H,21,24). The van der Waals surface area contributed by atoms with Crippen molar-refractivity contribution in [2.24, 2.45) is 0 Å². The minimum atomic E-state index is -0.192. The number of hydrogen-bond acceptors (Lipinski definition) is 4. The highest BCUT2D eigenvalue weighted by Crippen LogP contribution is 2.35. The molecule has 0 spiro atoms. The van der Waals surface area contributed by atoms with E-state index in [1.807, 2.05) is 6.92 Å². The molecule has 0 aliphatic carbocycles. The molecule has 0 saturated carbocycles. The monoisotopic (exact) mass is 374 g/mol. The molecular formula is C19H19ClN2O4. The summed E-state index contributed by atoms with van der Waals surface area (Å²) in [6.45, 7) is 3.72. The molecule has 0 radical (unpaired) electrons. The van der Waals surface area contributed by atoms with Gasteiger partial charge in [0, 0.05) is 42.4 Å². The SMILES string of the molecule is CC(=O)N(CCC(=O)Nc1cccc(Cl)c1C)c1ccc2c(c1)OCO2. The molecule has 1 aliphatic heterocycles. The lowest BCUT2D eigenvalue weighted by Crippen LogP contribution is -2.32. The molecule has 0 fully saturated rings. The lowest BCUT2D eigenvalue weighted by Gasteiger charge is -2.21. The van der Waals surface area contributed by atoms with Gasteiger partial charge in [-0.1, -0.05) is 17.7 Å². The molecule has 2 amide bonds. The summed E-state index contributed by atoms with van der Waals surface area (Å²) in [6.07, 6.45) is 0.153. The zero-order valence-electron chi connectivity index (χ0n) is 14.5. The maximum atomic E-state index is 12.3. The fraction of sp³-hybridized carbons (Fsp3) is 0.263. The number of nitrogens with one attached hydrogen (secondary N) is 1. The van der Waals surface area contributed by atoms with Crippen LogP contribution >= 0.6 is 11.6 Å². The number of fused-ring (bicyclic) bond motifs is 1. The van der Waals surface area contributed by atoms with E-state index in [-0.39, 0.29) is 31.6 Å². The van der Waals surface area contributed by atoms with Gasteiger partial charge >= 0.3 is 0 Å². The van der Waals surface area contributed by atoms with E-state index >= 15 is 0 Å². The Morgan fingerprint density at radius 3 is 2.73 bits per heavy atom. The van der Waals surface area contributed by atoms with Crippen molar-refractivity contribution in [3.05, 3.63) is 47.0 Å². The van der Waals surface area contributed by atoms with Crippen molar-refractivity contribution in [3.8, 4) is 11.5 Å². The number of rotatable bonds is 5. The van der Waals surface area contributed by atoms with E-state index in [4.69, 9.17) is 21.1 Å². The van der Waals surface area contributed by atoms with Crippen molar-refractivity contribution in [3.63, 3.8) is 0 Å². The minimum Gasteiger partial charge on any atom is -0.454 e. The number of ether oxygens (including phenoxy) is 2. The Kier molecular flexibility index (Phi) is 5.32. The predicted octanol–water partition coefficient (Wildman–Crippen LogP) is 3.76. The van der Waals surface area contributed by atoms with Gasteiger partial charge in [-0.3, -0.25) is 9.59 Å². The van der Waals surface area contributed by atoms with Crippen molar-refractivity contribution >= 4 is 34.8 Å². The number of nitrogens with zero attached hydrogens (tertiary/aromatic N) is 1. The van der Waals surface area contributed by atoms with E-state index in [0.717, 1.165) is 5.56 Å². The smallest absolute Gasteiger partial charge is 0.231 e. The largest absolute Gasteiger partial charge is 0.454 e. The number of benzene rings is 2. The summed E-state index contributed by atoms with van der Waals surface area (Å²) in [5.74, 6) is 0.886. The van der Waals surface area contributed by atoms with E-state index in [9.17, 15) is 9.59 Å². The van der Waals surface area contributed by atoms with E-state index < -0.39 is 0 Å². The van der Waals surface area contributed by atoms with Gasteiger partial charge in [0.2, 0.25) is 18.6 Å². The van der Waals surface area contributed by atoms with Crippen molar-refractivity contribution in [1.82, 2.24) is 0 Å². The summed E-state index contributed by atoms with van der Waals surface area (Å²) >= 11 is 6.07. The van der Waals surface area contributed by atoms with Gasteiger partial charge in [0.05, 0.1) is 0 Å². The summed E-state index contributed by atoms with van der Waals surface area (Å²) < 4.78 is 10.6. The Bertz CT molecular complexity index is 853. The maximum absolute atomic E-state index is 12.3. The molecule has 0 atom stereocenters. The van der Waals surface area contributed by atoms with Gasteiger partial charge in [-0.2, -0.15) is 0 Å². The molecular weight excluding hydrogens is 356 g/mol. The van der Waals surface area contributed by atoms with Crippen LogP contribution in [0.25, 0.3) is 0 Å². The molecule has 1 heterocycles. The Labute approximate surface area is 156 Å². The number of hydrogen-bond donors (Lipinski definition) is 1. The highest BCUT2D eigenvalue weighted by atomic mass is 35.5. The second kappa shape index (κ2) is 7.66. The Balaban J connectivity index is 1.66. The minimum absolute atomic E-state index is 0.153. The summed E-state index contributed by atoms with van der Waals surface area (Å²) in [6, 6.07) is 10.6. The van der Waals surface area contributed by atoms with Crippen LogP contribution in [-0.4, -0.2) is 25.2 Å². The summed E-state index contributed by atoms with van der Waals surface area (Å²) in [7, 11) is 0. The number of halogens is 1. The third-order valence-electron chi connectivity index (χ3n) is 4.15. The topological polar surface area (TPSA) is 67.9 Å². The van der Waals surface area contributed by atoms with E-state index in [0.29, 0.717) is 27.9 Å². The zero-order chi connectivity index (χ0) is 18.7. The van der Waals surface area contributed by atoms with Crippen LogP contribution < -0.4 is 19.7 Å². The lowest BCUT2D eigenvalue weighted by atomic mass is 10.2. The Morgan fingerprint density at radius 1 is 1.19 bits per heavy atom. The molecule has 136 valence electrons. The molecule has 0 bridgehead atoms. The molecule has 6 nitrogen and oxygen atoms in total. The third-order valence-corrected chi connectivity index (χ3v) is 4.56. The fourth-order valence-electron chi connectivity index (χ4n) is 2.69. The van der Waals surface area contributed by atoms with Gasteiger partial charge in [-0.25, -0.2) is 0 Å². The highest BCUT2D eigenvalue weighted by Gasteiger charge is 2.19. The normalized spacial score (nSPS) is 12.0. The second-order valence-electron chi connectivity index (χ2n) is 5.92. The number of anilines is 2. The lowest BCUT2D eigenvalue weighted by molar-refractivity contribution is -0.117. The number of carbonyl (C=O) groups is 2. The quantitative estimate of drug-likeness (QED) is 0.865. The number of amides is 2. The maximum Gasteiger partial charge on any atom is 0.231 e. The molecule has 7 heteroatoms. The van der Waals surface area contributed by atoms with Crippen LogP contribution in [0.5, 0.6) is 11.5 Å². The van der Waals surface area contributed by atoms with Gasteiger partial charge < -0.3 is 19.7 Å². The van der Waals surface area contributed by atoms with Crippen LogP contribution in [0.1, 0.15) is 18.9 Å². The average molecular weight is 375 g/mol. The fourth-order valence-corrected chi connectivity index (χ4v) is 2.86. The first kappa shape index (κ1) is 18.1. The van der Waals surface area contributed by atoms with Crippen molar-refractivity contribution < 1.29 is 19.1 Å². The van der Waals surface area contributed by atoms with E-state index in [1.165, 1.54) is 11.8 Å². The van der Waals surface area contributed by atoms with Crippen LogP contribution in [0, 0.1) is 6.92 Å². The van der Waals surface area contributed by atoms with Gasteiger partial charge in [-0.15, -0.1) is 0 Å². The molecule has 0 unspecified atom stereocenters. The van der Waals surface area contributed by atoms with E-state index in [1.54, 1.807) is 36.4 Å². The first-order valence-corrected chi connectivity index (χ1v) is 8.56. The number of carbonyl (C=O) groups excluding carboxylic acids is 2. The molecule has 1 N–H and O–H groups in total. The van der Waals surface area contributed by atoms with Gasteiger partial charge in [-0.05, 0) is 36.8 Å². The average Bonchev–Trinajstić information content (AvgIpc) is 3.06. The Hall–Kier alpha value is -2.73. The molecule has 2 aromatic rings. The summed E-state index contributed by atoms with van der Waals surface area (Å²) in [4.78, 5) is 25.8. The van der Waals surface area contributed by atoms with E-state index in [2.05, 4.69) is 5.32 Å². The molecule has 26 heavy (non-hydrogen) atoms. The molecule has 2 aromatic carbocycles. The highest BCUT2D eigenvalue weighted by molar-refractivity contribution is 6.31. The van der Waals surface area contributed by atoms with Crippen LogP contribution in [0.15, 0.2) is 36.4 Å².